The van der Waals surface area contributed by atoms with Gasteiger partial charge >= 0.3 is 0 Å². The zero-order valence-corrected chi connectivity index (χ0v) is 10.2. The van der Waals surface area contributed by atoms with Gasteiger partial charge in [0.15, 0.2) is 5.90 Å². The lowest BCUT2D eigenvalue weighted by atomic mass is 10.3. The minimum atomic E-state index is 0.360. The third-order valence-electron chi connectivity index (χ3n) is 1.66. The molecular weight excluding hydrogens is 228 g/mol. The van der Waals surface area contributed by atoms with Gasteiger partial charge in [-0.3, -0.25) is 5.41 Å². The van der Waals surface area contributed by atoms with E-state index >= 15 is 0 Å². The molecule has 82 valence electrons. The lowest BCUT2D eigenvalue weighted by molar-refractivity contribution is 0.385. The van der Waals surface area contributed by atoms with E-state index in [4.69, 9.17) is 10.1 Å². The second kappa shape index (κ2) is 7.59. The highest BCUT2D eigenvalue weighted by atomic mass is 33.1. The van der Waals surface area contributed by atoms with Crippen molar-refractivity contribution < 1.29 is 4.74 Å². The molecular formula is C10H14N2OS2. The fraction of sp³-hybridized carbons (Fsp3) is 0.400. The summed E-state index contributed by atoms with van der Waals surface area (Å²) >= 11 is 0. The molecule has 0 atom stereocenters. The number of ether oxygens (including phenoxy) is 1. The highest BCUT2D eigenvalue weighted by Gasteiger charge is 1.97. The van der Waals surface area contributed by atoms with E-state index in [1.165, 1.54) is 7.11 Å². The van der Waals surface area contributed by atoms with Crippen molar-refractivity contribution >= 4 is 27.5 Å². The van der Waals surface area contributed by atoms with Crippen LogP contribution in [0.25, 0.3) is 0 Å². The largest absolute Gasteiger partial charge is 0.484 e. The Morgan fingerprint density at radius 2 is 2.40 bits per heavy atom. The lowest BCUT2D eigenvalue weighted by Crippen LogP contribution is -1.98. The van der Waals surface area contributed by atoms with Gasteiger partial charge in [-0.1, -0.05) is 16.9 Å². The molecule has 0 saturated heterocycles. The minimum Gasteiger partial charge on any atom is -0.484 e. The first kappa shape index (κ1) is 12.4. The highest BCUT2D eigenvalue weighted by molar-refractivity contribution is 8.76. The summed E-state index contributed by atoms with van der Waals surface area (Å²) in [7, 11) is 4.97. The van der Waals surface area contributed by atoms with Crippen molar-refractivity contribution in [2.75, 3.05) is 12.9 Å². The van der Waals surface area contributed by atoms with E-state index in [1.807, 2.05) is 18.2 Å². The molecule has 0 aliphatic rings. The Kier molecular flexibility index (Phi) is 6.27. The number of pyridine rings is 1. The maximum atomic E-state index is 7.29. The van der Waals surface area contributed by atoms with Crippen LogP contribution in [0, 0.1) is 5.41 Å². The predicted molar refractivity (Wildman–Crippen MR) is 66.5 cm³/mol. The van der Waals surface area contributed by atoms with Gasteiger partial charge in [0.25, 0.3) is 0 Å². The number of nitrogens with zero attached hydrogens (tertiary/aromatic N) is 1. The van der Waals surface area contributed by atoms with Gasteiger partial charge in [0.1, 0.15) is 5.03 Å². The number of hydrogen-bond donors (Lipinski definition) is 1. The molecule has 0 aliphatic carbocycles. The topological polar surface area (TPSA) is 46.0 Å². The lowest BCUT2D eigenvalue weighted by Gasteiger charge is -2.01. The van der Waals surface area contributed by atoms with Crippen LogP contribution in [0.1, 0.15) is 12.8 Å². The van der Waals surface area contributed by atoms with Gasteiger partial charge in [-0.15, -0.1) is 0 Å². The highest BCUT2D eigenvalue weighted by Crippen LogP contribution is 2.29. The van der Waals surface area contributed by atoms with Crippen molar-refractivity contribution in [3.05, 3.63) is 24.4 Å². The molecule has 5 heteroatoms. The molecule has 0 aromatic carbocycles. The Bertz CT molecular complexity index is 293. The molecule has 1 rings (SSSR count). The molecule has 0 spiro atoms. The minimum absolute atomic E-state index is 0.360. The van der Waals surface area contributed by atoms with Gasteiger partial charge in [-0.25, -0.2) is 4.98 Å². The van der Waals surface area contributed by atoms with Gasteiger partial charge in [-0.05, 0) is 29.3 Å². The summed E-state index contributed by atoms with van der Waals surface area (Å²) in [5.41, 5.74) is 0. The number of nitrogens with one attached hydrogen (secondary N) is 1. The number of methoxy groups -OCH3 is 1. The Hall–Kier alpha value is -0.680. The van der Waals surface area contributed by atoms with Crippen LogP contribution in [0.5, 0.6) is 0 Å². The molecule has 0 fully saturated rings. The fourth-order valence-electron chi connectivity index (χ4n) is 0.892. The van der Waals surface area contributed by atoms with Gasteiger partial charge < -0.3 is 4.74 Å². The normalized spacial score (nSPS) is 9.93. The summed E-state index contributed by atoms with van der Waals surface area (Å²) in [6.07, 6.45) is 3.48. The first-order chi connectivity index (χ1) is 7.33. The van der Waals surface area contributed by atoms with E-state index in [0.717, 1.165) is 17.2 Å². The Morgan fingerprint density at radius 3 is 3.07 bits per heavy atom. The summed E-state index contributed by atoms with van der Waals surface area (Å²) < 4.78 is 4.77. The Morgan fingerprint density at radius 1 is 1.53 bits per heavy atom. The van der Waals surface area contributed by atoms with E-state index in [-0.39, 0.29) is 0 Å². The van der Waals surface area contributed by atoms with Crippen LogP contribution < -0.4 is 0 Å². The summed E-state index contributed by atoms with van der Waals surface area (Å²) in [4.78, 5) is 4.20. The maximum Gasteiger partial charge on any atom is 0.180 e. The number of rotatable bonds is 6. The standard InChI is InChI=1S/C10H14N2OS2/c1-13-9(11)5-4-8-14-15-10-6-2-3-7-12-10/h2-3,6-7,11H,4-5,8H2,1H3. The van der Waals surface area contributed by atoms with Crippen LogP contribution in [0.2, 0.25) is 0 Å². The molecule has 0 unspecified atom stereocenters. The monoisotopic (exact) mass is 242 g/mol. The molecule has 1 heterocycles. The molecule has 3 nitrogen and oxygen atoms in total. The predicted octanol–water partition coefficient (Wildman–Crippen LogP) is 3.23. The quantitative estimate of drug-likeness (QED) is 0.360. The zero-order valence-electron chi connectivity index (χ0n) is 8.60. The molecule has 1 aromatic heterocycles. The van der Waals surface area contributed by atoms with Gasteiger partial charge in [0.2, 0.25) is 0 Å². The Balaban J connectivity index is 2.05. The van der Waals surface area contributed by atoms with Crippen molar-refractivity contribution in [1.29, 1.82) is 5.41 Å². The second-order valence-corrected chi connectivity index (χ2v) is 5.24. The molecule has 0 saturated carbocycles. The van der Waals surface area contributed by atoms with Crippen molar-refractivity contribution in [2.45, 2.75) is 17.9 Å². The first-order valence-electron chi connectivity index (χ1n) is 4.65. The van der Waals surface area contributed by atoms with Crippen molar-refractivity contribution in [2.24, 2.45) is 0 Å². The molecule has 15 heavy (non-hydrogen) atoms. The average molecular weight is 242 g/mol. The van der Waals surface area contributed by atoms with Crippen LogP contribution in [0.4, 0.5) is 0 Å². The summed E-state index contributed by atoms with van der Waals surface area (Å²) in [5.74, 6) is 1.37. The van der Waals surface area contributed by atoms with E-state index in [0.29, 0.717) is 12.3 Å². The van der Waals surface area contributed by atoms with Crippen molar-refractivity contribution in [1.82, 2.24) is 4.98 Å². The van der Waals surface area contributed by atoms with Gasteiger partial charge in [-0.2, -0.15) is 0 Å². The van der Waals surface area contributed by atoms with E-state index in [1.54, 1.807) is 27.8 Å². The molecule has 1 aromatic rings. The van der Waals surface area contributed by atoms with Crippen molar-refractivity contribution in [3.8, 4) is 0 Å². The third-order valence-corrected chi connectivity index (χ3v) is 4.01. The van der Waals surface area contributed by atoms with Crippen LogP contribution in [0.15, 0.2) is 29.4 Å². The third kappa shape index (κ3) is 5.69. The number of hydrogen-bond acceptors (Lipinski definition) is 5. The SMILES string of the molecule is COC(=N)CCCSSc1ccccn1. The molecule has 0 radical (unpaired) electrons. The zero-order chi connectivity index (χ0) is 10.9. The molecule has 0 bridgehead atoms. The average Bonchev–Trinajstić information content (AvgIpc) is 2.29. The summed E-state index contributed by atoms with van der Waals surface area (Å²) in [5, 5.41) is 8.32. The van der Waals surface area contributed by atoms with Crippen LogP contribution in [0.3, 0.4) is 0 Å². The number of aromatic nitrogens is 1. The first-order valence-corrected chi connectivity index (χ1v) is 6.96. The second-order valence-electron chi connectivity index (χ2n) is 2.80. The van der Waals surface area contributed by atoms with Crippen molar-refractivity contribution in [3.63, 3.8) is 0 Å². The molecule has 1 N–H and O–H groups in total. The van der Waals surface area contributed by atoms with Gasteiger partial charge in [0.05, 0.1) is 7.11 Å². The van der Waals surface area contributed by atoms with Gasteiger partial charge in [0, 0.05) is 18.4 Å². The summed E-state index contributed by atoms with van der Waals surface area (Å²) in [6.45, 7) is 0. The van der Waals surface area contributed by atoms with E-state index in [2.05, 4.69) is 4.98 Å². The van der Waals surface area contributed by atoms with Crippen LogP contribution >= 0.6 is 21.6 Å². The van der Waals surface area contributed by atoms with Crippen LogP contribution in [-0.4, -0.2) is 23.7 Å². The smallest absolute Gasteiger partial charge is 0.180 e. The van der Waals surface area contributed by atoms with Crippen LogP contribution in [-0.2, 0) is 4.74 Å². The molecule has 0 aliphatic heterocycles. The Labute approximate surface area is 97.9 Å². The van der Waals surface area contributed by atoms with E-state index in [9.17, 15) is 0 Å². The fourth-order valence-corrected chi connectivity index (χ4v) is 2.86. The van der Waals surface area contributed by atoms with E-state index < -0.39 is 0 Å². The summed E-state index contributed by atoms with van der Waals surface area (Å²) in [6, 6.07) is 5.89. The molecule has 0 amide bonds. The maximum absolute atomic E-state index is 7.29.